The largest absolute Gasteiger partial charge is 0.380 e. The number of hydrogen-bond acceptors (Lipinski definition) is 1. The molecular weight excluding hydrogens is 100 g/mol. The van der Waals surface area contributed by atoms with Crippen LogP contribution in [0, 0.1) is 17.8 Å². The lowest BCUT2D eigenvalue weighted by atomic mass is 9.92. The molecule has 8 heavy (non-hydrogen) atoms. The van der Waals surface area contributed by atoms with Gasteiger partial charge in [-0.1, -0.05) is 5.92 Å². The summed E-state index contributed by atoms with van der Waals surface area (Å²) in [7, 11) is 0. The average Bonchev–Trinajstić information content (AvgIpc) is 2.17. The lowest BCUT2D eigenvalue weighted by Gasteiger charge is -2.10. The van der Waals surface area contributed by atoms with Gasteiger partial charge in [-0.15, -0.1) is 6.42 Å². The maximum atomic E-state index is 5.24. The molecule has 0 saturated carbocycles. The number of rotatable bonds is 0. The van der Waals surface area contributed by atoms with Crippen molar-refractivity contribution in [2.75, 3.05) is 13.2 Å². The minimum atomic E-state index is 0.0417. The van der Waals surface area contributed by atoms with Gasteiger partial charge in [-0.3, -0.25) is 0 Å². The summed E-state index contributed by atoms with van der Waals surface area (Å²) in [5, 5.41) is 0. The van der Waals surface area contributed by atoms with Crippen LogP contribution >= 0.6 is 0 Å². The Morgan fingerprint density at radius 1 is 1.75 bits per heavy atom. The summed E-state index contributed by atoms with van der Waals surface area (Å²) >= 11 is 0. The Morgan fingerprint density at radius 3 is 2.75 bits per heavy atom. The first kappa shape index (κ1) is 5.65. The van der Waals surface area contributed by atoms with E-state index in [4.69, 9.17) is 11.2 Å². The molecule has 1 unspecified atom stereocenters. The smallest absolute Gasteiger partial charge is 0.0630 e. The highest BCUT2D eigenvalue weighted by Crippen LogP contribution is 2.25. The Bertz CT molecular complexity index is 115. The van der Waals surface area contributed by atoms with E-state index in [1.165, 1.54) is 0 Å². The third-order valence-electron chi connectivity index (χ3n) is 1.57. The molecule has 1 nitrogen and oxygen atoms in total. The minimum absolute atomic E-state index is 0.0417. The molecule has 0 aromatic heterocycles. The zero-order valence-corrected chi connectivity index (χ0v) is 5.11. The Labute approximate surface area is 50.0 Å². The van der Waals surface area contributed by atoms with Gasteiger partial charge in [0.2, 0.25) is 0 Å². The second-order valence-corrected chi connectivity index (χ2v) is 2.51. The molecule has 0 N–H and O–H groups in total. The highest BCUT2D eigenvalue weighted by atomic mass is 16.5. The van der Waals surface area contributed by atoms with Crippen molar-refractivity contribution >= 4 is 0 Å². The monoisotopic (exact) mass is 110 g/mol. The molecule has 1 saturated heterocycles. The highest BCUT2D eigenvalue weighted by molar-refractivity contribution is 5.04. The van der Waals surface area contributed by atoms with Gasteiger partial charge in [0.15, 0.2) is 0 Å². The summed E-state index contributed by atoms with van der Waals surface area (Å²) in [5.74, 6) is 2.72. The first-order chi connectivity index (χ1) is 3.77. The van der Waals surface area contributed by atoms with Gasteiger partial charge in [-0.05, 0) is 13.3 Å². The minimum Gasteiger partial charge on any atom is -0.380 e. The quantitative estimate of drug-likeness (QED) is 0.423. The molecule has 0 bridgehead atoms. The molecule has 0 radical (unpaired) electrons. The fourth-order valence-corrected chi connectivity index (χ4v) is 0.781. The van der Waals surface area contributed by atoms with Gasteiger partial charge in [0.1, 0.15) is 0 Å². The SMILES string of the molecule is C#CC1(C)CCOC1. The molecule has 1 fully saturated rings. The maximum absolute atomic E-state index is 5.24. The molecule has 1 aliphatic heterocycles. The van der Waals surface area contributed by atoms with Crippen molar-refractivity contribution in [1.82, 2.24) is 0 Å². The Balaban J connectivity index is 2.56. The Morgan fingerprint density at radius 2 is 2.50 bits per heavy atom. The van der Waals surface area contributed by atoms with E-state index < -0.39 is 0 Å². The van der Waals surface area contributed by atoms with Crippen LogP contribution in [0.15, 0.2) is 0 Å². The molecule has 1 atom stereocenters. The lowest BCUT2D eigenvalue weighted by Crippen LogP contribution is -2.11. The Hall–Kier alpha value is -0.480. The van der Waals surface area contributed by atoms with E-state index >= 15 is 0 Å². The van der Waals surface area contributed by atoms with Crippen molar-refractivity contribution in [3.05, 3.63) is 0 Å². The average molecular weight is 110 g/mol. The van der Waals surface area contributed by atoms with E-state index in [9.17, 15) is 0 Å². The third-order valence-corrected chi connectivity index (χ3v) is 1.57. The molecule has 0 aromatic carbocycles. The normalized spacial score (nSPS) is 37.0. The van der Waals surface area contributed by atoms with Gasteiger partial charge in [0, 0.05) is 6.61 Å². The van der Waals surface area contributed by atoms with E-state index in [1.807, 2.05) is 0 Å². The second-order valence-electron chi connectivity index (χ2n) is 2.51. The van der Waals surface area contributed by atoms with E-state index in [0.717, 1.165) is 19.6 Å². The summed E-state index contributed by atoms with van der Waals surface area (Å²) in [6, 6.07) is 0. The summed E-state index contributed by atoms with van der Waals surface area (Å²) < 4.78 is 5.11. The summed E-state index contributed by atoms with van der Waals surface area (Å²) in [6.07, 6.45) is 6.26. The number of ether oxygens (including phenoxy) is 1. The molecule has 0 amide bonds. The first-order valence-electron chi connectivity index (χ1n) is 2.82. The molecule has 44 valence electrons. The molecule has 1 heteroatoms. The predicted octanol–water partition coefficient (Wildman–Crippen LogP) is 1.05. The van der Waals surface area contributed by atoms with Crippen molar-refractivity contribution < 1.29 is 4.74 Å². The van der Waals surface area contributed by atoms with Crippen molar-refractivity contribution in [2.45, 2.75) is 13.3 Å². The molecule has 1 aliphatic rings. The van der Waals surface area contributed by atoms with Crippen LogP contribution in [0.3, 0.4) is 0 Å². The van der Waals surface area contributed by atoms with Crippen LogP contribution in [0.4, 0.5) is 0 Å². The highest BCUT2D eigenvalue weighted by Gasteiger charge is 2.26. The molecule has 0 aromatic rings. The van der Waals surface area contributed by atoms with Crippen molar-refractivity contribution in [1.29, 1.82) is 0 Å². The van der Waals surface area contributed by atoms with Gasteiger partial charge >= 0.3 is 0 Å². The van der Waals surface area contributed by atoms with Gasteiger partial charge in [0.25, 0.3) is 0 Å². The number of terminal acetylenes is 1. The van der Waals surface area contributed by atoms with Crippen LogP contribution in [-0.2, 0) is 4.74 Å². The fraction of sp³-hybridized carbons (Fsp3) is 0.714. The Kier molecular flexibility index (Phi) is 1.27. The molecule has 1 rings (SSSR count). The van der Waals surface area contributed by atoms with E-state index in [2.05, 4.69) is 12.8 Å². The van der Waals surface area contributed by atoms with Gasteiger partial charge < -0.3 is 4.74 Å². The molecule has 0 spiro atoms. The van der Waals surface area contributed by atoms with E-state index in [0.29, 0.717) is 0 Å². The molecule has 1 heterocycles. The van der Waals surface area contributed by atoms with Gasteiger partial charge in [-0.2, -0.15) is 0 Å². The van der Waals surface area contributed by atoms with Crippen LogP contribution < -0.4 is 0 Å². The van der Waals surface area contributed by atoms with Crippen LogP contribution in [0.5, 0.6) is 0 Å². The van der Waals surface area contributed by atoms with Crippen LogP contribution in [0.2, 0.25) is 0 Å². The summed E-state index contributed by atoms with van der Waals surface area (Å²) in [5.41, 5.74) is 0.0417. The molecular formula is C7H10O. The van der Waals surface area contributed by atoms with E-state index in [1.54, 1.807) is 0 Å². The van der Waals surface area contributed by atoms with Gasteiger partial charge in [0.05, 0.1) is 12.0 Å². The first-order valence-corrected chi connectivity index (χ1v) is 2.82. The van der Waals surface area contributed by atoms with E-state index in [-0.39, 0.29) is 5.41 Å². The number of hydrogen-bond donors (Lipinski definition) is 0. The second kappa shape index (κ2) is 1.80. The zero-order valence-electron chi connectivity index (χ0n) is 5.11. The van der Waals surface area contributed by atoms with Crippen LogP contribution in [0.25, 0.3) is 0 Å². The lowest BCUT2D eigenvalue weighted by molar-refractivity contribution is 0.177. The van der Waals surface area contributed by atoms with Crippen molar-refractivity contribution in [3.8, 4) is 12.3 Å². The van der Waals surface area contributed by atoms with Crippen LogP contribution in [0.1, 0.15) is 13.3 Å². The zero-order chi connectivity index (χ0) is 6.04. The standard InChI is InChI=1S/C7H10O/c1-3-7(2)4-5-8-6-7/h1H,4-6H2,2H3. The third kappa shape index (κ3) is 0.850. The van der Waals surface area contributed by atoms with Gasteiger partial charge in [-0.25, -0.2) is 0 Å². The fourth-order valence-electron chi connectivity index (χ4n) is 0.781. The van der Waals surface area contributed by atoms with Crippen LogP contribution in [-0.4, -0.2) is 13.2 Å². The predicted molar refractivity (Wildman–Crippen MR) is 32.4 cm³/mol. The van der Waals surface area contributed by atoms with Crippen molar-refractivity contribution in [3.63, 3.8) is 0 Å². The topological polar surface area (TPSA) is 9.23 Å². The maximum Gasteiger partial charge on any atom is 0.0630 e. The molecule has 0 aliphatic carbocycles. The summed E-state index contributed by atoms with van der Waals surface area (Å²) in [6.45, 7) is 3.63. The van der Waals surface area contributed by atoms with Crippen molar-refractivity contribution in [2.24, 2.45) is 5.41 Å². The summed E-state index contributed by atoms with van der Waals surface area (Å²) in [4.78, 5) is 0.